The SMILES string of the molecule is C=C(CCCC)Nc1cncc(-c2cc3c(-c4cc5c(-c6ccccn6)nccc5[nH]4)n[nH]c3cn2)c1. The maximum Gasteiger partial charge on any atom is 0.116 e. The van der Waals surface area contributed by atoms with Crippen LogP contribution in [0.4, 0.5) is 5.69 Å². The molecule has 0 radical (unpaired) electrons. The standard InChI is InChI=1S/C29H26N8/c1-3-4-7-18(2)34-20-12-19(15-30-16-20)25-13-22-27(17-33-25)36-37-29(22)26-14-21-23(35-26)9-11-32-28(21)24-8-5-6-10-31-24/h5-6,8-17,34-35H,2-4,7H2,1H3,(H,36,37). The number of aromatic nitrogens is 7. The molecule has 3 N–H and O–H groups in total. The molecular weight excluding hydrogens is 460 g/mol. The minimum atomic E-state index is 0.817. The third-order valence-electron chi connectivity index (χ3n) is 6.35. The maximum atomic E-state index is 4.66. The van der Waals surface area contributed by atoms with E-state index in [9.17, 15) is 0 Å². The summed E-state index contributed by atoms with van der Waals surface area (Å²) in [5, 5.41) is 13.1. The van der Waals surface area contributed by atoms with Gasteiger partial charge in [0.2, 0.25) is 0 Å². The number of aromatic amines is 2. The van der Waals surface area contributed by atoms with E-state index in [2.05, 4.69) is 60.0 Å². The Kier molecular flexibility index (Phi) is 5.90. The van der Waals surface area contributed by atoms with E-state index >= 15 is 0 Å². The van der Waals surface area contributed by atoms with Gasteiger partial charge in [-0.25, -0.2) is 0 Å². The third kappa shape index (κ3) is 4.45. The molecule has 37 heavy (non-hydrogen) atoms. The Morgan fingerprint density at radius 1 is 0.892 bits per heavy atom. The fourth-order valence-electron chi connectivity index (χ4n) is 4.47. The molecule has 0 aromatic carbocycles. The topological polar surface area (TPSA) is 108 Å². The molecule has 6 heterocycles. The number of pyridine rings is 4. The summed E-state index contributed by atoms with van der Waals surface area (Å²) in [4.78, 5) is 21.7. The first kappa shape index (κ1) is 22.6. The van der Waals surface area contributed by atoms with E-state index < -0.39 is 0 Å². The van der Waals surface area contributed by atoms with Crippen LogP contribution in [0.2, 0.25) is 0 Å². The van der Waals surface area contributed by atoms with Crippen molar-refractivity contribution in [2.75, 3.05) is 5.32 Å². The van der Waals surface area contributed by atoms with Crippen molar-refractivity contribution in [2.24, 2.45) is 0 Å². The summed E-state index contributed by atoms with van der Waals surface area (Å²) in [7, 11) is 0. The lowest BCUT2D eigenvalue weighted by Crippen LogP contribution is -1.99. The first-order valence-corrected chi connectivity index (χ1v) is 12.3. The summed E-state index contributed by atoms with van der Waals surface area (Å²) in [6, 6.07) is 14.0. The highest BCUT2D eigenvalue weighted by molar-refractivity contribution is 6.00. The number of allylic oxidation sites excluding steroid dienone is 1. The second-order valence-electron chi connectivity index (χ2n) is 9.00. The average Bonchev–Trinajstić information content (AvgIpc) is 3.56. The van der Waals surface area contributed by atoms with Crippen LogP contribution in [0.25, 0.3) is 55.8 Å². The van der Waals surface area contributed by atoms with Gasteiger partial charge in [-0.2, -0.15) is 5.10 Å². The van der Waals surface area contributed by atoms with E-state index in [0.29, 0.717) is 0 Å². The highest BCUT2D eigenvalue weighted by Crippen LogP contribution is 2.33. The van der Waals surface area contributed by atoms with E-state index in [-0.39, 0.29) is 0 Å². The third-order valence-corrected chi connectivity index (χ3v) is 6.35. The number of fused-ring (bicyclic) bond motifs is 2. The zero-order chi connectivity index (χ0) is 25.2. The monoisotopic (exact) mass is 486 g/mol. The molecule has 6 rings (SSSR count). The van der Waals surface area contributed by atoms with E-state index in [1.54, 1.807) is 18.6 Å². The summed E-state index contributed by atoms with van der Waals surface area (Å²) in [6.45, 7) is 6.31. The Labute approximate surface area is 214 Å². The molecule has 6 aromatic heterocycles. The Balaban J connectivity index is 1.37. The number of rotatable bonds is 8. The van der Waals surface area contributed by atoms with Gasteiger partial charge in [0.15, 0.2) is 0 Å². The van der Waals surface area contributed by atoms with Crippen molar-refractivity contribution in [1.29, 1.82) is 0 Å². The predicted octanol–water partition coefficient (Wildman–Crippen LogP) is 6.74. The largest absolute Gasteiger partial charge is 0.358 e. The molecule has 0 aliphatic rings. The number of hydrogen-bond acceptors (Lipinski definition) is 6. The van der Waals surface area contributed by atoms with Crippen molar-refractivity contribution >= 4 is 27.5 Å². The molecule has 6 aromatic rings. The highest BCUT2D eigenvalue weighted by Gasteiger charge is 2.16. The van der Waals surface area contributed by atoms with Gasteiger partial charge < -0.3 is 10.3 Å². The first-order valence-electron chi connectivity index (χ1n) is 12.3. The van der Waals surface area contributed by atoms with E-state index in [1.807, 2.05) is 48.8 Å². The van der Waals surface area contributed by atoms with E-state index in [1.165, 1.54) is 0 Å². The zero-order valence-electron chi connectivity index (χ0n) is 20.5. The van der Waals surface area contributed by atoms with Crippen molar-refractivity contribution in [3.8, 4) is 34.0 Å². The van der Waals surface area contributed by atoms with Crippen molar-refractivity contribution < 1.29 is 0 Å². The molecule has 0 aliphatic carbocycles. The lowest BCUT2D eigenvalue weighted by molar-refractivity contribution is 0.791. The van der Waals surface area contributed by atoms with Gasteiger partial charge in [0.1, 0.15) is 5.69 Å². The molecule has 0 aliphatic heterocycles. The Morgan fingerprint density at radius 3 is 2.68 bits per heavy atom. The molecule has 0 saturated heterocycles. The summed E-state index contributed by atoms with van der Waals surface area (Å²) in [5.74, 6) is 0. The van der Waals surface area contributed by atoms with Gasteiger partial charge in [0.05, 0.1) is 46.4 Å². The molecule has 0 atom stereocenters. The number of unbranched alkanes of at least 4 members (excludes halogenated alkanes) is 1. The summed E-state index contributed by atoms with van der Waals surface area (Å²) in [6.07, 6.45) is 12.2. The van der Waals surface area contributed by atoms with Crippen LogP contribution in [0.5, 0.6) is 0 Å². The minimum absolute atomic E-state index is 0.817. The normalized spacial score (nSPS) is 11.3. The predicted molar refractivity (Wildman–Crippen MR) is 148 cm³/mol. The van der Waals surface area contributed by atoms with E-state index in [4.69, 9.17) is 0 Å². The van der Waals surface area contributed by atoms with Crippen LogP contribution in [0.1, 0.15) is 26.2 Å². The molecule has 0 bridgehead atoms. The van der Waals surface area contributed by atoms with Crippen LogP contribution in [0.15, 0.2) is 85.7 Å². The molecule has 0 fully saturated rings. The zero-order valence-corrected chi connectivity index (χ0v) is 20.5. The molecule has 0 spiro atoms. The van der Waals surface area contributed by atoms with Crippen LogP contribution in [0.3, 0.4) is 0 Å². The Morgan fingerprint density at radius 2 is 1.81 bits per heavy atom. The molecule has 0 unspecified atom stereocenters. The fourth-order valence-corrected chi connectivity index (χ4v) is 4.47. The smallest absolute Gasteiger partial charge is 0.116 e. The van der Waals surface area contributed by atoms with Crippen molar-refractivity contribution in [1.82, 2.24) is 35.1 Å². The molecule has 0 saturated carbocycles. The second kappa shape index (κ2) is 9.66. The van der Waals surface area contributed by atoms with Crippen LogP contribution in [0, 0.1) is 0 Å². The Bertz CT molecular complexity index is 1710. The molecular formula is C29H26N8. The van der Waals surface area contributed by atoms with E-state index in [0.717, 1.165) is 86.5 Å². The quantitative estimate of drug-likeness (QED) is 0.220. The van der Waals surface area contributed by atoms with Crippen molar-refractivity contribution in [3.05, 3.63) is 85.7 Å². The van der Waals surface area contributed by atoms with Gasteiger partial charge in [-0.1, -0.05) is 26.0 Å². The van der Waals surface area contributed by atoms with Gasteiger partial charge in [-0.3, -0.25) is 25.0 Å². The van der Waals surface area contributed by atoms with Gasteiger partial charge >= 0.3 is 0 Å². The van der Waals surface area contributed by atoms with Gasteiger partial charge in [0.25, 0.3) is 0 Å². The Hall–Kier alpha value is -4.85. The van der Waals surface area contributed by atoms with Gasteiger partial charge in [-0.15, -0.1) is 0 Å². The maximum absolute atomic E-state index is 4.66. The number of anilines is 1. The van der Waals surface area contributed by atoms with Crippen LogP contribution in [-0.4, -0.2) is 35.1 Å². The lowest BCUT2D eigenvalue weighted by atomic mass is 10.1. The number of nitrogens with one attached hydrogen (secondary N) is 3. The highest BCUT2D eigenvalue weighted by atomic mass is 15.1. The average molecular weight is 487 g/mol. The molecule has 0 amide bonds. The summed E-state index contributed by atoms with van der Waals surface area (Å²) >= 11 is 0. The fraction of sp³-hybridized carbons (Fsp3) is 0.138. The minimum Gasteiger partial charge on any atom is -0.358 e. The molecule has 182 valence electrons. The molecule has 8 nitrogen and oxygen atoms in total. The summed E-state index contributed by atoms with van der Waals surface area (Å²) < 4.78 is 0. The molecule has 8 heteroatoms. The van der Waals surface area contributed by atoms with Crippen LogP contribution in [-0.2, 0) is 0 Å². The number of nitrogens with zero attached hydrogens (tertiary/aromatic N) is 5. The second-order valence-corrected chi connectivity index (χ2v) is 9.00. The first-order chi connectivity index (χ1) is 18.2. The van der Waals surface area contributed by atoms with Crippen LogP contribution < -0.4 is 5.32 Å². The number of H-pyrrole nitrogens is 2. The van der Waals surface area contributed by atoms with Gasteiger partial charge in [-0.05, 0) is 49.2 Å². The lowest BCUT2D eigenvalue weighted by Gasteiger charge is -2.10. The van der Waals surface area contributed by atoms with Crippen LogP contribution >= 0.6 is 0 Å². The van der Waals surface area contributed by atoms with Gasteiger partial charge in [0, 0.05) is 46.1 Å². The van der Waals surface area contributed by atoms with Crippen molar-refractivity contribution in [2.45, 2.75) is 26.2 Å². The summed E-state index contributed by atoms with van der Waals surface area (Å²) in [5.41, 5.74) is 8.82. The van der Waals surface area contributed by atoms with Crippen molar-refractivity contribution in [3.63, 3.8) is 0 Å². The number of hydrogen-bond donors (Lipinski definition) is 3.